The van der Waals surface area contributed by atoms with Crippen molar-refractivity contribution >= 4 is 23.0 Å². The number of nitrogens with one attached hydrogen (secondary N) is 1. The summed E-state index contributed by atoms with van der Waals surface area (Å²) in [5.74, 6) is 0.400. The molecule has 7 heteroatoms. The zero-order valence-electron chi connectivity index (χ0n) is 11.8. The van der Waals surface area contributed by atoms with E-state index < -0.39 is 0 Å². The molecule has 0 saturated carbocycles. The van der Waals surface area contributed by atoms with Gasteiger partial charge in [-0.05, 0) is 13.0 Å². The largest absolute Gasteiger partial charge is 0.482 e. The van der Waals surface area contributed by atoms with Crippen LogP contribution in [0.4, 0.5) is 17.1 Å². The van der Waals surface area contributed by atoms with Gasteiger partial charge in [0.2, 0.25) is 0 Å². The molecule has 0 spiro atoms. The molecular weight excluding hydrogens is 274 g/mol. The van der Waals surface area contributed by atoms with E-state index in [0.29, 0.717) is 30.3 Å². The van der Waals surface area contributed by atoms with Crippen LogP contribution in [0, 0.1) is 0 Å². The maximum absolute atomic E-state index is 11.4. The summed E-state index contributed by atoms with van der Waals surface area (Å²) < 4.78 is 10.9. The molecule has 4 N–H and O–H groups in total. The van der Waals surface area contributed by atoms with Crippen LogP contribution in [0.2, 0.25) is 0 Å². The normalized spacial score (nSPS) is 25.0. The van der Waals surface area contributed by atoms with Gasteiger partial charge in [-0.3, -0.25) is 4.79 Å². The number of hydrogen-bond donors (Lipinski definition) is 3. The molecule has 1 amide bonds. The number of amides is 1. The molecule has 1 fully saturated rings. The summed E-state index contributed by atoms with van der Waals surface area (Å²) in [5.41, 5.74) is 8.13. The highest BCUT2D eigenvalue weighted by atomic mass is 16.5. The summed E-state index contributed by atoms with van der Waals surface area (Å²) in [7, 11) is 0. The van der Waals surface area contributed by atoms with Gasteiger partial charge in [0.25, 0.3) is 5.91 Å². The van der Waals surface area contributed by atoms with E-state index in [0.717, 1.165) is 5.69 Å². The van der Waals surface area contributed by atoms with Gasteiger partial charge < -0.3 is 30.5 Å². The number of aliphatic hydroxyl groups is 1. The highest BCUT2D eigenvalue weighted by Gasteiger charge is 2.28. The van der Waals surface area contributed by atoms with Gasteiger partial charge in [-0.1, -0.05) is 0 Å². The fourth-order valence-electron chi connectivity index (χ4n) is 2.64. The zero-order chi connectivity index (χ0) is 15.0. The molecule has 7 nitrogen and oxygen atoms in total. The summed E-state index contributed by atoms with van der Waals surface area (Å²) in [4.78, 5) is 13.5. The van der Waals surface area contributed by atoms with Crippen molar-refractivity contribution in [2.75, 3.05) is 42.3 Å². The first kappa shape index (κ1) is 14.0. The molecule has 2 aliphatic rings. The third kappa shape index (κ3) is 2.62. The van der Waals surface area contributed by atoms with Gasteiger partial charge in [0.15, 0.2) is 6.61 Å². The number of nitrogens with two attached hydrogens (primary N) is 1. The van der Waals surface area contributed by atoms with E-state index in [1.807, 2.05) is 13.0 Å². The monoisotopic (exact) mass is 293 g/mol. The number of nitrogens with zero attached hydrogens (tertiary/aromatic N) is 1. The lowest BCUT2D eigenvalue weighted by Crippen LogP contribution is -2.49. The Kier molecular flexibility index (Phi) is 3.60. The van der Waals surface area contributed by atoms with Crippen LogP contribution in [-0.4, -0.2) is 49.5 Å². The number of benzene rings is 1. The maximum Gasteiger partial charge on any atom is 0.262 e. The summed E-state index contributed by atoms with van der Waals surface area (Å²) >= 11 is 0. The minimum Gasteiger partial charge on any atom is -0.482 e. The van der Waals surface area contributed by atoms with E-state index in [2.05, 4.69) is 10.2 Å². The van der Waals surface area contributed by atoms with Crippen molar-refractivity contribution in [2.24, 2.45) is 0 Å². The molecule has 2 unspecified atom stereocenters. The van der Waals surface area contributed by atoms with Crippen molar-refractivity contribution in [2.45, 2.75) is 19.1 Å². The first-order valence-electron chi connectivity index (χ1n) is 6.93. The Morgan fingerprint density at radius 1 is 1.52 bits per heavy atom. The van der Waals surface area contributed by atoms with Crippen molar-refractivity contribution < 1.29 is 19.4 Å². The second-order valence-corrected chi connectivity index (χ2v) is 5.38. The highest BCUT2D eigenvalue weighted by molar-refractivity contribution is 5.97. The molecule has 21 heavy (non-hydrogen) atoms. The molecule has 0 aromatic heterocycles. The number of fused-ring (bicyclic) bond motifs is 1. The number of anilines is 3. The van der Waals surface area contributed by atoms with Gasteiger partial charge in [-0.2, -0.15) is 0 Å². The van der Waals surface area contributed by atoms with Crippen LogP contribution >= 0.6 is 0 Å². The minimum atomic E-state index is -0.234. The third-order valence-electron chi connectivity index (χ3n) is 3.78. The van der Waals surface area contributed by atoms with Crippen molar-refractivity contribution in [1.82, 2.24) is 0 Å². The zero-order valence-corrected chi connectivity index (χ0v) is 11.8. The van der Waals surface area contributed by atoms with Crippen molar-refractivity contribution in [1.29, 1.82) is 0 Å². The lowest BCUT2D eigenvalue weighted by atomic mass is 10.1. The van der Waals surface area contributed by atoms with Gasteiger partial charge in [0, 0.05) is 18.7 Å². The lowest BCUT2D eigenvalue weighted by molar-refractivity contribution is -0.118. The Morgan fingerprint density at radius 2 is 2.33 bits per heavy atom. The predicted octanol–water partition coefficient (Wildman–Crippen LogP) is 0.186. The number of morpholine rings is 1. The van der Waals surface area contributed by atoms with Gasteiger partial charge in [0.05, 0.1) is 36.4 Å². The number of hydrogen-bond acceptors (Lipinski definition) is 6. The Hall–Kier alpha value is -1.99. The smallest absolute Gasteiger partial charge is 0.262 e. The van der Waals surface area contributed by atoms with Crippen LogP contribution in [-0.2, 0) is 9.53 Å². The predicted molar refractivity (Wildman–Crippen MR) is 78.6 cm³/mol. The summed E-state index contributed by atoms with van der Waals surface area (Å²) in [6, 6.07) is 3.67. The Bertz CT molecular complexity index is 563. The molecule has 0 bridgehead atoms. The number of rotatable bonds is 2. The van der Waals surface area contributed by atoms with E-state index in [-0.39, 0.29) is 31.3 Å². The van der Waals surface area contributed by atoms with Crippen LogP contribution in [0.15, 0.2) is 12.1 Å². The maximum atomic E-state index is 11.4. The highest BCUT2D eigenvalue weighted by Crippen LogP contribution is 2.38. The van der Waals surface area contributed by atoms with E-state index in [9.17, 15) is 9.90 Å². The van der Waals surface area contributed by atoms with Gasteiger partial charge in [0.1, 0.15) is 5.75 Å². The van der Waals surface area contributed by atoms with Crippen molar-refractivity contribution in [3.8, 4) is 5.75 Å². The Labute approximate surface area is 122 Å². The number of carbonyl (C=O) groups is 1. The number of carbonyl (C=O) groups excluding carboxylic acids is 1. The van der Waals surface area contributed by atoms with E-state index >= 15 is 0 Å². The topological polar surface area (TPSA) is 97.1 Å². The average Bonchev–Trinajstić information content (AvgIpc) is 2.48. The standard InChI is InChI=1S/C14H19N3O4/c1-8-6-20-9(5-18)4-17(8)12-3-11-13(2-10(12)15)21-7-14(19)16-11/h2-3,8-9,18H,4-7,15H2,1H3,(H,16,19). The molecule has 114 valence electrons. The Morgan fingerprint density at radius 3 is 3.10 bits per heavy atom. The molecule has 1 aromatic rings. The SMILES string of the molecule is CC1COC(CO)CN1c1cc2c(cc1N)OCC(=O)N2. The first-order chi connectivity index (χ1) is 10.1. The molecule has 2 heterocycles. The molecular formula is C14H19N3O4. The fraction of sp³-hybridized carbons (Fsp3) is 0.500. The molecule has 1 aromatic carbocycles. The third-order valence-corrected chi connectivity index (χ3v) is 3.78. The van der Waals surface area contributed by atoms with Crippen LogP contribution in [0.3, 0.4) is 0 Å². The number of nitrogen functional groups attached to an aromatic ring is 1. The summed E-state index contributed by atoms with van der Waals surface area (Å²) in [6.07, 6.45) is -0.234. The number of ether oxygens (including phenoxy) is 2. The van der Waals surface area contributed by atoms with Crippen molar-refractivity contribution in [3.63, 3.8) is 0 Å². The summed E-state index contributed by atoms with van der Waals surface area (Å²) in [5, 5.41) is 12.1. The lowest BCUT2D eigenvalue weighted by Gasteiger charge is -2.40. The summed E-state index contributed by atoms with van der Waals surface area (Å²) in [6.45, 7) is 3.07. The first-order valence-corrected chi connectivity index (χ1v) is 6.93. The van der Waals surface area contributed by atoms with Gasteiger partial charge in [-0.15, -0.1) is 0 Å². The minimum absolute atomic E-state index is 0.00628. The molecule has 0 aliphatic carbocycles. The fourth-order valence-corrected chi connectivity index (χ4v) is 2.64. The van der Waals surface area contributed by atoms with Crippen LogP contribution in [0.1, 0.15) is 6.92 Å². The second-order valence-electron chi connectivity index (χ2n) is 5.38. The van der Waals surface area contributed by atoms with Crippen LogP contribution in [0.25, 0.3) is 0 Å². The van der Waals surface area contributed by atoms with E-state index in [1.54, 1.807) is 6.07 Å². The van der Waals surface area contributed by atoms with Crippen LogP contribution < -0.4 is 20.7 Å². The van der Waals surface area contributed by atoms with E-state index in [1.165, 1.54) is 0 Å². The Balaban J connectivity index is 1.93. The van der Waals surface area contributed by atoms with Gasteiger partial charge in [-0.25, -0.2) is 0 Å². The number of aliphatic hydroxyl groups excluding tert-OH is 1. The second kappa shape index (κ2) is 5.42. The van der Waals surface area contributed by atoms with E-state index in [4.69, 9.17) is 15.2 Å². The quantitative estimate of drug-likeness (QED) is 0.673. The van der Waals surface area contributed by atoms with Gasteiger partial charge >= 0.3 is 0 Å². The van der Waals surface area contributed by atoms with Crippen LogP contribution in [0.5, 0.6) is 5.75 Å². The molecule has 0 radical (unpaired) electrons. The molecule has 2 atom stereocenters. The van der Waals surface area contributed by atoms with Crippen molar-refractivity contribution in [3.05, 3.63) is 12.1 Å². The molecule has 2 aliphatic heterocycles. The molecule has 1 saturated heterocycles. The average molecular weight is 293 g/mol. The molecule has 3 rings (SSSR count).